The van der Waals surface area contributed by atoms with Crippen molar-refractivity contribution < 1.29 is 11.0 Å². The number of nitrogens with one attached hydrogen (secondary N) is 1. The molecule has 1 aliphatic heterocycles. The summed E-state index contributed by atoms with van der Waals surface area (Å²) in [6, 6.07) is 5.40. The zero-order chi connectivity index (χ0) is 19.6. The Balaban J connectivity index is 0.000000906. The molecular weight excluding hydrogens is 339 g/mol. The molecule has 2 aromatic rings. The maximum atomic E-state index is 12.8. The highest BCUT2D eigenvalue weighted by atomic mass is 16.2. The number of anilines is 1. The molecule has 1 N–H and O–H groups in total. The van der Waals surface area contributed by atoms with Crippen molar-refractivity contribution in [3.05, 3.63) is 47.3 Å². The van der Waals surface area contributed by atoms with Crippen molar-refractivity contribution in [2.24, 2.45) is 0 Å². The quantitative estimate of drug-likeness (QED) is 0.845. The molecule has 2 aliphatic rings. The van der Waals surface area contributed by atoms with E-state index in [-0.39, 0.29) is 31.1 Å². The third kappa shape index (κ3) is 3.87. The predicted octanol–water partition coefficient (Wildman–Crippen LogP) is 1.98. The molecule has 1 spiro atoms. The monoisotopic (exact) mass is 364 g/mol. The van der Waals surface area contributed by atoms with Crippen LogP contribution in [0.5, 0.6) is 0 Å². The lowest BCUT2D eigenvalue weighted by Gasteiger charge is -2.34. The molecule has 7 heteroatoms. The second-order valence-electron chi connectivity index (χ2n) is 6.88. The highest BCUT2D eigenvalue weighted by molar-refractivity contribution is 6.32. The van der Waals surface area contributed by atoms with E-state index < -0.39 is 0 Å². The average Bonchev–Trinajstić information content (AvgIpc) is 3.43. The minimum atomic E-state index is -0.299. The lowest BCUT2D eigenvalue weighted by Crippen LogP contribution is -2.47. The molecule has 6 nitrogen and oxygen atoms in total. The first-order valence-corrected chi connectivity index (χ1v) is 9.25. The molecule has 0 unspecified atom stereocenters. The SMILES string of the molecule is CC.[B]c1ccc2c(c1)C1(CC1)CN(CC(=O)Nc1ncc(C)cn1)C2=O.[HH]. The van der Waals surface area contributed by atoms with Crippen LogP contribution in [0.2, 0.25) is 0 Å². The fourth-order valence-electron chi connectivity index (χ4n) is 3.38. The van der Waals surface area contributed by atoms with E-state index >= 15 is 0 Å². The van der Waals surface area contributed by atoms with Crippen molar-refractivity contribution >= 4 is 31.1 Å². The highest BCUT2D eigenvalue weighted by Crippen LogP contribution is 2.51. The van der Waals surface area contributed by atoms with Crippen LogP contribution in [-0.2, 0) is 10.2 Å². The summed E-state index contributed by atoms with van der Waals surface area (Å²) in [7, 11) is 5.89. The number of aryl methyl sites for hydroxylation is 1. The van der Waals surface area contributed by atoms with E-state index in [0.717, 1.165) is 24.0 Å². The number of benzene rings is 1. The first-order chi connectivity index (χ1) is 13.0. The fourth-order valence-corrected chi connectivity index (χ4v) is 3.38. The van der Waals surface area contributed by atoms with Crippen LogP contribution in [0.3, 0.4) is 0 Å². The van der Waals surface area contributed by atoms with Crippen LogP contribution in [-0.4, -0.2) is 47.6 Å². The third-order valence-electron chi connectivity index (χ3n) is 4.85. The number of aromatic nitrogens is 2. The van der Waals surface area contributed by atoms with Gasteiger partial charge in [0.15, 0.2) is 0 Å². The largest absolute Gasteiger partial charge is 0.328 e. The summed E-state index contributed by atoms with van der Waals surface area (Å²) in [5.74, 6) is -0.186. The molecule has 0 atom stereocenters. The van der Waals surface area contributed by atoms with E-state index in [2.05, 4.69) is 15.3 Å². The summed E-state index contributed by atoms with van der Waals surface area (Å²) in [6.45, 7) is 6.41. The summed E-state index contributed by atoms with van der Waals surface area (Å²) in [6.07, 6.45) is 5.29. The van der Waals surface area contributed by atoms with E-state index in [0.29, 0.717) is 17.6 Å². The lowest BCUT2D eigenvalue weighted by atomic mass is 9.82. The van der Waals surface area contributed by atoms with Crippen LogP contribution in [0.15, 0.2) is 30.6 Å². The number of hydrogen-bond acceptors (Lipinski definition) is 4. The van der Waals surface area contributed by atoms with E-state index in [1.54, 1.807) is 29.4 Å². The molecular formula is C20H25BN4O2. The molecule has 1 aromatic carbocycles. The van der Waals surface area contributed by atoms with E-state index in [1.165, 1.54) is 0 Å². The molecule has 1 aliphatic carbocycles. The molecule has 0 saturated heterocycles. The summed E-state index contributed by atoms with van der Waals surface area (Å²) in [5.41, 5.74) is 3.21. The lowest BCUT2D eigenvalue weighted by molar-refractivity contribution is -0.117. The van der Waals surface area contributed by atoms with Gasteiger partial charge in [-0.1, -0.05) is 31.4 Å². The number of carbonyl (C=O) groups is 2. The molecule has 1 aromatic heterocycles. The van der Waals surface area contributed by atoms with Gasteiger partial charge in [-0.25, -0.2) is 9.97 Å². The van der Waals surface area contributed by atoms with E-state index in [1.807, 2.05) is 26.8 Å². The van der Waals surface area contributed by atoms with Crippen LogP contribution >= 0.6 is 0 Å². The second kappa shape index (κ2) is 7.51. The van der Waals surface area contributed by atoms with Gasteiger partial charge >= 0.3 is 0 Å². The van der Waals surface area contributed by atoms with Gasteiger partial charge in [-0.15, -0.1) is 0 Å². The van der Waals surface area contributed by atoms with Crippen molar-refractivity contribution in [2.75, 3.05) is 18.4 Å². The van der Waals surface area contributed by atoms with Crippen molar-refractivity contribution in [1.82, 2.24) is 14.9 Å². The van der Waals surface area contributed by atoms with Crippen LogP contribution in [0.4, 0.5) is 5.95 Å². The molecule has 27 heavy (non-hydrogen) atoms. The topological polar surface area (TPSA) is 75.2 Å². The summed E-state index contributed by atoms with van der Waals surface area (Å²) >= 11 is 0. The first kappa shape index (κ1) is 19.1. The van der Waals surface area contributed by atoms with Gasteiger partial charge < -0.3 is 4.90 Å². The molecule has 140 valence electrons. The highest BCUT2D eigenvalue weighted by Gasteiger charge is 2.51. The van der Waals surface area contributed by atoms with Gasteiger partial charge in [-0.2, -0.15) is 0 Å². The summed E-state index contributed by atoms with van der Waals surface area (Å²) < 4.78 is 0. The Morgan fingerprint density at radius 1 is 1.30 bits per heavy atom. The normalized spacial score (nSPS) is 16.3. The van der Waals surface area contributed by atoms with E-state index in [4.69, 9.17) is 7.85 Å². The minimum absolute atomic E-state index is 0. The van der Waals surface area contributed by atoms with Gasteiger partial charge in [-0.3, -0.25) is 14.9 Å². The summed E-state index contributed by atoms with van der Waals surface area (Å²) in [4.78, 5) is 34.8. The van der Waals surface area contributed by atoms with Gasteiger partial charge in [0, 0.05) is 31.3 Å². The van der Waals surface area contributed by atoms with Gasteiger partial charge in [0.25, 0.3) is 5.91 Å². The van der Waals surface area contributed by atoms with Crippen LogP contribution in [0.25, 0.3) is 0 Å². The molecule has 1 saturated carbocycles. The Labute approximate surface area is 162 Å². The maximum Gasteiger partial charge on any atom is 0.254 e. The van der Waals surface area contributed by atoms with Gasteiger partial charge in [0.2, 0.25) is 11.9 Å². The van der Waals surface area contributed by atoms with Crippen molar-refractivity contribution in [3.8, 4) is 0 Å². The second-order valence-corrected chi connectivity index (χ2v) is 6.88. The minimum Gasteiger partial charge on any atom is -0.328 e. The average molecular weight is 364 g/mol. The smallest absolute Gasteiger partial charge is 0.254 e. The van der Waals surface area contributed by atoms with Crippen LogP contribution < -0.4 is 10.8 Å². The Bertz CT molecular complexity index is 869. The summed E-state index contributed by atoms with van der Waals surface area (Å²) in [5, 5.41) is 2.64. The zero-order valence-corrected chi connectivity index (χ0v) is 16.0. The molecule has 4 rings (SSSR count). The molecule has 0 bridgehead atoms. The fraction of sp³-hybridized carbons (Fsp3) is 0.400. The number of carbonyl (C=O) groups excluding carboxylic acids is 2. The Morgan fingerprint density at radius 2 is 1.96 bits per heavy atom. The first-order valence-electron chi connectivity index (χ1n) is 9.25. The van der Waals surface area contributed by atoms with Crippen LogP contribution in [0.1, 0.15) is 49.6 Å². The number of rotatable bonds is 3. The van der Waals surface area contributed by atoms with Crippen molar-refractivity contribution in [2.45, 2.75) is 39.0 Å². The maximum absolute atomic E-state index is 12.8. The Kier molecular flexibility index (Phi) is 5.30. The van der Waals surface area contributed by atoms with E-state index in [9.17, 15) is 9.59 Å². The molecule has 2 heterocycles. The molecule has 1 fully saturated rings. The predicted molar refractivity (Wildman–Crippen MR) is 108 cm³/mol. The number of hydrogen-bond donors (Lipinski definition) is 1. The number of fused-ring (bicyclic) bond motifs is 2. The third-order valence-corrected chi connectivity index (χ3v) is 4.85. The van der Waals surface area contributed by atoms with Gasteiger partial charge in [-0.05, 0) is 37.0 Å². The molecule has 2 radical (unpaired) electrons. The van der Waals surface area contributed by atoms with Gasteiger partial charge in [0.05, 0.1) is 0 Å². The zero-order valence-electron chi connectivity index (χ0n) is 16.0. The molecule has 2 amide bonds. The Morgan fingerprint density at radius 3 is 2.59 bits per heavy atom. The standard InChI is InChI=1S/C18H17BN4O2.C2H6.H2/c1-11-7-20-17(21-8-11)22-15(24)9-23-10-18(4-5-18)14-6-12(19)2-3-13(14)16(23)25;1-2;/h2-3,6-8H,4-5,9-10H2,1H3,(H,20,21,22,24);1-2H3;1H. The number of amides is 2. The Hall–Kier alpha value is -2.70. The van der Waals surface area contributed by atoms with Crippen molar-refractivity contribution in [1.29, 1.82) is 0 Å². The van der Waals surface area contributed by atoms with Gasteiger partial charge in [0.1, 0.15) is 14.4 Å². The number of nitrogens with zero attached hydrogens (tertiary/aromatic N) is 3. The van der Waals surface area contributed by atoms with Crippen molar-refractivity contribution in [3.63, 3.8) is 0 Å². The van der Waals surface area contributed by atoms with Crippen LogP contribution in [0, 0.1) is 6.92 Å².